The summed E-state index contributed by atoms with van der Waals surface area (Å²) in [4.78, 5) is 4.84. The van der Waals surface area contributed by atoms with E-state index < -0.39 is 0 Å². The molecule has 152 valence electrons. The number of imidazole rings is 1. The summed E-state index contributed by atoms with van der Waals surface area (Å²) < 4.78 is 20.9. The fraction of sp³-hybridized carbons (Fsp3) is 0.455. The normalized spacial score (nSPS) is 20.2. The van der Waals surface area contributed by atoms with Gasteiger partial charge < -0.3 is 18.6 Å². The summed E-state index contributed by atoms with van der Waals surface area (Å²) in [7, 11) is 1.69. The molecule has 0 N–H and O–H groups in total. The molecule has 3 aromatic heterocycles. The number of nitrogens with zero attached hydrogens (tertiary/aromatic N) is 4. The van der Waals surface area contributed by atoms with Crippen molar-refractivity contribution in [1.29, 1.82) is 0 Å². The van der Waals surface area contributed by atoms with Crippen molar-refractivity contribution in [1.82, 2.24) is 19.2 Å². The predicted octanol–water partition coefficient (Wildman–Crippen LogP) is 3.85. The van der Waals surface area contributed by atoms with Gasteiger partial charge in [-0.25, -0.2) is 9.67 Å². The molecule has 5 heterocycles. The maximum atomic E-state index is 6.01. The van der Waals surface area contributed by atoms with Gasteiger partial charge in [-0.2, -0.15) is 5.10 Å². The minimum absolute atomic E-state index is 0.0202. The molecule has 0 bridgehead atoms. The minimum atomic E-state index is -0.0202. The molecule has 5 rings (SSSR count). The first kappa shape index (κ1) is 18.5. The Morgan fingerprint density at radius 2 is 2.21 bits per heavy atom. The lowest BCUT2D eigenvalue weighted by atomic mass is 10.0. The first-order valence-electron chi connectivity index (χ1n) is 10.3. The van der Waals surface area contributed by atoms with Crippen molar-refractivity contribution in [2.75, 3.05) is 26.9 Å². The summed E-state index contributed by atoms with van der Waals surface area (Å²) in [6, 6.07) is 4.28. The number of pyridine rings is 1. The lowest BCUT2D eigenvalue weighted by Crippen LogP contribution is -2.20. The van der Waals surface area contributed by atoms with Gasteiger partial charge in [0.25, 0.3) is 0 Å². The van der Waals surface area contributed by atoms with Gasteiger partial charge in [-0.1, -0.05) is 6.08 Å². The highest BCUT2D eigenvalue weighted by Crippen LogP contribution is 2.33. The Balaban J connectivity index is 1.65. The van der Waals surface area contributed by atoms with E-state index in [9.17, 15) is 0 Å². The van der Waals surface area contributed by atoms with Gasteiger partial charge in [0.05, 0.1) is 31.2 Å². The van der Waals surface area contributed by atoms with E-state index in [1.165, 1.54) is 11.1 Å². The Morgan fingerprint density at radius 1 is 1.24 bits per heavy atom. The second-order valence-electron chi connectivity index (χ2n) is 7.58. The fourth-order valence-corrected chi connectivity index (χ4v) is 4.19. The van der Waals surface area contributed by atoms with Crippen LogP contribution in [0.4, 0.5) is 0 Å². The number of fused-ring (bicyclic) bond motifs is 1. The molecule has 0 amide bonds. The van der Waals surface area contributed by atoms with Crippen molar-refractivity contribution >= 4 is 11.2 Å². The molecule has 2 aliphatic rings. The van der Waals surface area contributed by atoms with Crippen LogP contribution in [-0.2, 0) is 20.8 Å². The molecule has 0 aromatic carbocycles. The summed E-state index contributed by atoms with van der Waals surface area (Å²) in [5.41, 5.74) is 6.41. The lowest BCUT2D eigenvalue weighted by Gasteiger charge is -2.25. The third-order valence-electron chi connectivity index (χ3n) is 5.60. The number of hydrogen-bond donors (Lipinski definition) is 0. The van der Waals surface area contributed by atoms with Crippen molar-refractivity contribution < 1.29 is 14.2 Å². The van der Waals surface area contributed by atoms with Crippen molar-refractivity contribution in [2.24, 2.45) is 0 Å². The van der Waals surface area contributed by atoms with Crippen LogP contribution in [0.2, 0.25) is 0 Å². The Bertz CT molecular complexity index is 1030. The van der Waals surface area contributed by atoms with Gasteiger partial charge in [0.1, 0.15) is 5.65 Å². The molecule has 7 nitrogen and oxygen atoms in total. The zero-order valence-electron chi connectivity index (χ0n) is 16.7. The molecule has 0 aliphatic carbocycles. The largest absolute Gasteiger partial charge is 0.378 e. The second-order valence-corrected chi connectivity index (χ2v) is 7.58. The minimum Gasteiger partial charge on any atom is -0.378 e. The zero-order chi connectivity index (χ0) is 19.6. The number of hydrogen-bond acceptors (Lipinski definition) is 5. The highest BCUT2D eigenvalue weighted by atomic mass is 16.5. The van der Waals surface area contributed by atoms with E-state index in [1.807, 2.05) is 17.1 Å². The molecule has 1 saturated heterocycles. The average molecular weight is 394 g/mol. The summed E-state index contributed by atoms with van der Waals surface area (Å²) in [6.07, 6.45) is 12.4. The molecule has 0 radical (unpaired) electrons. The van der Waals surface area contributed by atoms with Crippen LogP contribution < -0.4 is 0 Å². The van der Waals surface area contributed by atoms with Crippen LogP contribution in [0.3, 0.4) is 0 Å². The van der Waals surface area contributed by atoms with Crippen molar-refractivity contribution in [2.45, 2.75) is 38.5 Å². The number of methoxy groups -OCH3 is 1. The van der Waals surface area contributed by atoms with E-state index in [4.69, 9.17) is 19.2 Å². The van der Waals surface area contributed by atoms with E-state index >= 15 is 0 Å². The summed E-state index contributed by atoms with van der Waals surface area (Å²) in [5, 5.41) is 4.60. The number of ether oxygens (including phenoxy) is 3. The molecule has 1 unspecified atom stereocenters. The maximum Gasteiger partial charge on any atom is 0.150 e. The molecule has 3 aromatic rings. The van der Waals surface area contributed by atoms with Crippen LogP contribution in [0, 0.1) is 0 Å². The van der Waals surface area contributed by atoms with Gasteiger partial charge >= 0.3 is 0 Å². The van der Waals surface area contributed by atoms with Crippen molar-refractivity contribution in [3.8, 4) is 11.3 Å². The Hall–Kier alpha value is -2.48. The van der Waals surface area contributed by atoms with E-state index in [2.05, 4.69) is 33.9 Å². The monoisotopic (exact) mass is 394 g/mol. The quantitative estimate of drug-likeness (QED) is 0.658. The van der Waals surface area contributed by atoms with E-state index in [-0.39, 0.29) is 6.23 Å². The fourth-order valence-electron chi connectivity index (χ4n) is 4.19. The van der Waals surface area contributed by atoms with Crippen LogP contribution in [0.25, 0.3) is 22.5 Å². The predicted molar refractivity (Wildman–Crippen MR) is 109 cm³/mol. The molecular formula is C22H26N4O3. The molecule has 1 fully saturated rings. The van der Waals surface area contributed by atoms with Gasteiger partial charge in [-0.15, -0.1) is 0 Å². The summed E-state index contributed by atoms with van der Waals surface area (Å²) >= 11 is 0. The van der Waals surface area contributed by atoms with Crippen molar-refractivity contribution in [3.63, 3.8) is 0 Å². The number of rotatable bonds is 5. The van der Waals surface area contributed by atoms with Crippen LogP contribution in [0.5, 0.6) is 0 Å². The van der Waals surface area contributed by atoms with Crippen LogP contribution in [0.15, 0.2) is 36.8 Å². The van der Waals surface area contributed by atoms with E-state index in [0.717, 1.165) is 61.5 Å². The highest BCUT2D eigenvalue weighted by Gasteiger charge is 2.22. The summed E-state index contributed by atoms with van der Waals surface area (Å²) in [5.74, 6) is 0. The van der Waals surface area contributed by atoms with Gasteiger partial charge in [0.15, 0.2) is 6.23 Å². The average Bonchev–Trinajstić information content (AvgIpc) is 3.41. The van der Waals surface area contributed by atoms with Gasteiger partial charge in [0.2, 0.25) is 0 Å². The number of aromatic nitrogens is 4. The first-order chi connectivity index (χ1) is 14.3. The lowest BCUT2D eigenvalue weighted by molar-refractivity contribution is -0.0383. The van der Waals surface area contributed by atoms with Gasteiger partial charge in [0, 0.05) is 37.9 Å². The van der Waals surface area contributed by atoms with Crippen molar-refractivity contribution in [3.05, 3.63) is 48.1 Å². The highest BCUT2D eigenvalue weighted by molar-refractivity contribution is 5.80. The smallest absolute Gasteiger partial charge is 0.150 e. The first-order valence-corrected chi connectivity index (χ1v) is 10.3. The molecule has 1 atom stereocenters. The molecule has 0 spiro atoms. The van der Waals surface area contributed by atoms with E-state index in [1.54, 1.807) is 7.11 Å². The Labute approximate surface area is 169 Å². The molecule has 7 heteroatoms. The molecule has 0 saturated carbocycles. The summed E-state index contributed by atoms with van der Waals surface area (Å²) in [6.45, 7) is 2.69. The molecule has 2 aliphatic heterocycles. The van der Waals surface area contributed by atoms with Gasteiger partial charge in [-0.3, -0.25) is 0 Å². The second kappa shape index (κ2) is 8.10. The van der Waals surface area contributed by atoms with Gasteiger partial charge in [-0.05, 0) is 49.0 Å². The van der Waals surface area contributed by atoms with Crippen LogP contribution in [-0.4, -0.2) is 46.1 Å². The third kappa shape index (κ3) is 3.61. The standard InChI is InChI=1S/C22H26N4O3/c1-27-15-18-14-25-13-17(16-6-10-28-11-7-16)12-19(22(25)24-18)20-5-8-23-26(20)21-4-2-3-9-29-21/h5-6,8,12-14,21H,2-4,7,9-11,15H2,1H3. The Kier molecular flexibility index (Phi) is 5.18. The van der Waals surface area contributed by atoms with E-state index in [0.29, 0.717) is 13.2 Å². The maximum absolute atomic E-state index is 6.01. The third-order valence-corrected chi connectivity index (χ3v) is 5.60. The van der Waals surface area contributed by atoms with Crippen LogP contribution >= 0.6 is 0 Å². The Morgan fingerprint density at radius 3 is 3.00 bits per heavy atom. The SMILES string of the molecule is COCc1cn2cc(C3=CCOCC3)cc(-c3ccnn3C3CCCCO3)c2n1. The molecular weight excluding hydrogens is 368 g/mol. The topological polar surface area (TPSA) is 62.8 Å². The van der Waals surface area contributed by atoms with Crippen LogP contribution in [0.1, 0.15) is 43.2 Å². The zero-order valence-corrected chi connectivity index (χ0v) is 16.7. The molecule has 29 heavy (non-hydrogen) atoms.